The normalized spacial score (nSPS) is 24.0. The number of carbonyl (C=O) groups excluding carboxylic acids is 1. The van der Waals surface area contributed by atoms with Gasteiger partial charge in [0, 0.05) is 56.5 Å². The SMILES string of the molecule is CCc1nc(N2CCC[C@]3(CCC(=O)N(CCN(C)C)C3)C2)ncc1C. The molecule has 2 aliphatic rings. The molecule has 0 unspecified atom stereocenters. The van der Waals surface area contributed by atoms with E-state index in [0.717, 1.165) is 63.6 Å². The predicted molar refractivity (Wildman–Crippen MR) is 104 cm³/mol. The van der Waals surface area contributed by atoms with Crippen LogP contribution in [0.5, 0.6) is 0 Å². The van der Waals surface area contributed by atoms with Crippen LogP contribution in [0.25, 0.3) is 0 Å². The Labute approximate surface area is 157 Å². The van der Waals surface area contributed by atoms with E-state index in [0.29, 0.717) is 12.3 Å². The van der Waals surface area contributed by atoms with Gasteiger partial charge in [0.1, 0.15) is 0 Å². The van der Waals surface area contributed by atoms with E-state index >= 15 is 0 Å². The van der Waals surface area contributed by atoms with Crippen molar-refractivity contribution in [3.8, 4) is 0 Å². The van der Waals surface area contributed by atoms with Crippen LogP contribution in [0.3, 0.4) is 0 Å². The molecule has 0 N–H and O–H groups in total. The molecule has 1 aromatic rings. The van der Waals surface area contributed by atoms with E-state index in [2.05, 4.69) is 47.6 Å². The molecule has 6 nitrogen and oxygen atoms in total. The van der Waals surface area contributed by atoms with E-state index in [-0.39, 0.29) is 5.41 Å². The predicted octanol–water partition coefficient (Wildman–Crippen LogP) is 2.12. The molecule has 0 aromatic carbocycles. The Kier molecular flexibility index (Phi) is 5.80. The van der Waals surface area contributed by atoms with Gasteiger partial charge in [-0.15, -0.1) is 0 Å². The lowest BCUT2D eigenvalue weighted by molar-refractivity contribution is -0.138. The van der Waals surface area contributed by atoms with Crippen LogP contribution < -0.4 is 4.90 Å². The molecule has 0 radical (unpaired) electrons. The van der Waals surface area contributed by atoms with Gasteiger partial charge in [-0.05, 0) is 52.3 Å². The van der Waals surface area contributed by atoms with Gasteiger partial charge in [0.25, 0.3) is 0 Å². The number of nitrogens with zero attached hydrogens (tertiary/aromatic N) is 5. The first-order chi connectivity index (χ1) is 12.4. The van der Waals surface area contributed by atoms with Crippen LogP contribution in [0.4, 0.5) is 5.95 Å². The van der Waals surface area contributed by atoms with E-state index in [1.807, 2.05) is 6.20 Å². The first-order valence-electron chi connectivity index (χ1n) is 9.92. The van der Waals surface area contributed by atoms with Gasteiger partial charge in [0.15, 0.2) is 0 Å². The summed E-state index contributed by atoms with van der Waals surface area (Å²) >= 11 is 0. The second-order valence-corrected chi connectivity index (χ2v) is 8.30. The molecule has 0 bridgehead atoms. The number of hydrogen-bond donors (Lipinski definition) is 0. The van der Waals surface area contributed by atoms with Crippen molar-refractivity contribution in [2.45, 2.75) is 46.0 Å². The summed E-state index contributed by atoms with van der Waals surface area (Å²) in [6.07, 6.45) is 6.91. The standard InChI is InChI=1S/C20H33N5O/c1-5-17-16(2)13-21-19(22-17)25-10-6-8-20(15-25)9-7-18(26)24(14-20)12-11-23(3)4/h13H,5-12,14-15H2,1-4H3/t20-/m1/s1. The summed E-state index contributed by atoms with van der Waals surface area (Å²) in [5.74, 6) is 1.18. The van der Waals surface area contributed by atoms with Crippen molar-refractivity contribution in [1.82, 2.24) is 19.8 Å². The van der Waals surface area contributed by atoms with Crippen molar-refractivity contribution in [2.75, 3.05) is 51.7 Å². The molecular weight excluding hydrogens is 326 g/mol. The monoisotopic (exact) mass is 359 g/mol. The third-order valence-corrected chi connectivity index (χ3v) is 5.91. The second-order valence-electron chi connectivity index (χ2n) is 8.30. The van der Waals surface area contributed by atoms with E-state index in [1.54, 1.807) is 0 Å². The van der Waals surface area contributed by atoms with Crippen molar-refractivity contribution in [2.24, 2.45) is 5.41 Å². The summed E-state index contributed by atoms with van der Waals surface area (Å²) in [5, 5.41) is 0. The molecule has 1 spiro atoms. The van der Waals surface area contributed by atoms with Crippen molar-refractivity contribution >= 4 is 11.9 Å². The van der Waals surface area contributed by atoms with Crippen LogP contribution in [0, 0.1) is 12.3 Å². The number of likely N-dealkylation sites (N-methyl/N-ethyl adjacent to an activating group) is 1. The van der Waals surface area contributed by atoms with Crippen LogP contribution in [0.1, 0.15) is 43.9 Å². The summed E-state index contributed by atoms with van der Waals surface area (Å²) in [6, 6.07) is 0. The Balaban J connectivity index is 1.73. The molecule has 6 heteroatoms. The van der Waals surface area contributed by atoms with Crippen LogP contribution >= 0.6 is 0 Å². The van der Waals surface area contributed by atoms with Crippen LogP contribution in [-0.2, 0) is 11.2 Å². The lowest BCUT2D eigenvalue weighted by Gasteiger charge is -2.48. The highest BCUT2D eigenvalue weighted by Crippen LogP contribution is 2.39. The lowest BCUT2D eigenvalue weighted by atomic mass is 9.73. The molecule has 1 atom stereocenters. The number of rotatable bonds is 5. The van der Waals surface area contributed by atoms with Gasteiger partial charge >= 0.3 is 0 Å². The molecule has 2 saturated heterocycles. The average Bonchev–Trinajstić information content (AvgIpc) is 2.63. The first kappa shape index (κ1) is 19.1. The zero-order chi connectivity index (χ0) is 18.7. The van der Waals surface area contributed by atoms with Crippen LogP contribution in [-0.4, -0.2) is 72.5 Å². The molecule has 2 fully saturated rings. The Morgan fingerprint density at radius 1 is 1.27 bits per heavy atom. The molecule has 2 aliphatic heterocycles. The van der Waals surface area contributed by atoms with Crippen molar-refractivity contribution in [3.63, 3.8) is 0 Å². The maximum atomic E-state index is 12.4. The third kappa shape index (κ3) is 4.17. The number of carbonyl (C=O) groups is 1. The highest BCUT2D eigenvalue weighted by atomic mass is 16.2. The number of hydrogen-bond acceptors (Lipinski definition) is 5. The number of likely N-dealkylation sites (tertiary alicyclic amines) is 1. The summed E-state index contributed by atoms with van der Waals surface area (Å²) in [4.78, 5) is 28.4. The van der Waals surface area contributed by atoms with E-state index in [4.69, 9.17) is 4.98 Å². The van der Waals surface area contributed by atoms with E-state index in [1.165, 1.54) is 12.0 Å². The molecule has 26 heavy (non-hydrogen) atoms. The van der Waals surface area contributed by atoms with Crippen molar-refractivity contribution in [1.29, 1.82) is 0 Å². The fourth-order valence-corrected chi connectivity index (χ4v) is 4.32. The minimum atomic E-state index is 0.194. The number of piperidine rings is 2. The summed E-state index contributed by atoms with van der Waals surface area (Å²) in [6.45, 7) is 8.83. The Morgan fingerprint density at radius 2 is 2.08 bits per heavy atom. The zero-order valence-corrected chi connectivity index (χ0v) is 16.8. The molecular formula is C20H33N5O. The Morgan fingerprint density at radius 3 is 2.81 bits per heavy atom. The van der Waals surface area contributed by atoms with Gasteiger partial charge in [-0.25, -0.2) is 9.97 Å². The minimum Gasteiger partial charge on any atom is -0.341 e. The maximum Gasteiger partial charge on any atom is 0.225 e. The van der Waals surface area contributed by atoms with E-state index < -0.39 is 0 Å². The second kappa shape index (κ2) is 7.91. The Hall–Kier alpha value is -1.69. The van der Waals surface area contributed by atoms with E-state index in [9.17, 15) is 4.79 Å². The largest absolute Gasteiger partial charge is 0.341 e. The topological polar surface area (TPSA) is 52.6 Å². The van der Waals surface area contributed by atoms with Gasteiger partial charge in [-0.3, -0.25) is 4.79 Å². The van der Waals surface area contributed by atoms with Crippen molar-refractivity contribution < 1.29 is 4.79 Å². The van der Waals surface area contributed by atoms with Gasteiger partial charge in [0.05, 0.1) is 0 Å². The molecule has 3 rings (SSSR count). The highest BCUT2D eigenvalue weighted by molar-refractivity contribution is 5.77. The summed E-state index contributed by atoms with van der Waals surface area (Å²) in [5.41, 5.74) is 2.50. The smallest absolute Gasteiger partial charge is 0.225 e. The summed E-state index contributed by atoms with van der Waals surface area (Å²) < 4.78 is 0. The molecule has 144 valence electrons. The fraction of sp³-hybridized carbons (Fsp3) is 0.750. The molecule has 1 aromatic heterocycles. The Bertz CT molecular complexity index is 647. The molecule has 0 aliphatic carbocycles. The molecule has 0 saturated carbocycles. The number of aromatic nitrogens is 2. The zero-order valence-electron chi connectivity index (χ0n) is 16.8. The van der Waals surface area contributed by atoms with Crippen LogP contribution in [0.15, 0.2) is 6.20 Å². The quantitative estimate of drug-likeness (QED) is 0.806. The van der Waals surface area contributed by atoms with Crippen LogP contribution in [0.2, 0.25) is 0 Å². The van der Waals surface area contributed by atoms with Gasteiger partial charge < -0.3 is 14.7 Å². The van der Waals surface area contributed by atoms with Gasteiger partial charge in [-0.2, -0.15) is 0 Å². The molecule has 3 heterocycles. The first-order valence-corrected chi connectivity index (χ1v) is 9.92. The fourth-order valence-electron chi connectivity index (χ4n) is 4.32. The summed E-state index contributed by atoms with van der Waals surface area (Å²) in [7, 11) is 4.12. The van der Waals surface area contributed by atoms with Crippen molar-refractivity contribution in [3.05, 3.63) is 17.5 Å². The molecule has 1 amide bonds. The minimum absolute atomic E-state index is 0.194. The number of anilines is 1. The van der Waals surface area contributed by atoms with Gasteiger partial charge in [-0.1, -0.05) is 6.92 Å². The lowest BCUT2D eigenvalue weighted by Crippen LogP contribution is -2.55. The number of aryl methyl sites for hydroxylation is 2. The highest BCUT2D eigenvalue weighted by Gasteiger charge is 2.42. The number of amides is 1. The third-order valence-electron chi connectivity index (χ3n) is 5.91. The average molecular weight is 360 g/mol. The maximum absolute atomic E-state index is 12.4. The van der Waals surface area contributed by atoms with Gasteiger partial charge in [0.2, 0.25) is 11.9 Å².